The summed E-state index contributed by atoms with van der Waals surface area (Å²) in [5, 5.41) is 0. The summed E-state index contributed by atoms with van der Waals surface area (Å²) in [6.45, 7) is 4.16. The highest BCUT2D eigenvalue weighted by molar-refractivity contribution is 7.89. The van der Waals surface area contributed by atoms with Gasteiger partial charge in [0.15, 0.2) is 0 Å². The number of sulfonamides is 2. The number of nitrogens with zero attached hydrogens (tertiary/aromatic N) is 2. The van der Waals surface area contributed by atoms with Crippen LogP contribution in [0.5, 0.6) is 0 Å². The third-order valence-electron chi connectivity index (χ3n) is 6.25. The molecule has 2 heterocycles. The van der Waals surface area contributed by atoms with Gasteiger partial charge in [-0.05, 0) is 68.0 Å². The SMILES string of the molecule is O=S(=O)(NCC1CCCN(Cc2ccccc2)C1)c1ccc(S(=O)(=O)N2CCCC2)cc1. The molecule has 0 saturated carbocycles. The van der Waals surface area contributed by atoms with Gasteiger partial charge in [0, 0.05) is 32.7 Å². The van der Waals surface area contributed by atoms with Crippen molar-refractivity contribution in [2.45, 2.75) is 42.0 Å². The fraction of sp³-hybridized carbons (Fsp3) is 0.478. The first-order valence-electron chi connectivity index (χ1n) is 11.2. The van der Waals surface area contributed by atoms with E-state index in [4.69, 9.17) is 0 Å². The Labute approximate surface area is 191 Å². The van der Waals surface area contributed by atoms with Crippen molar-refractivity contribution in [3.05, 3.63) is 60.2 Å². The Balaban J connectivity index is 1.34. The summed E-state index contributed by atoms with van der Waals surface area (Å²) >= 11 is 0. The van der Waals surface area contributed by atoms with Crippen molar-refractivity contribution in [2.75, 3.05) is 32.7 Å². The van der Waals surface area contributed by atoms with Crippen molar-refractivity contribution in [2.24, 2.45) is 5.92 Å². The Morgan fingerprint density at radius 2 is 1.47 bits per heavy atom. The maximum Gasteiger partial charge on any atom is 0.243 e. The normalized spacial score (nSPS) is 21.1. The van der Waals surface area contributed by atoms with Crippen LogP contribution in [-0.4, -0.2) is 58.8 Å². The fourth-order valence-electron chi connectivity index (χ4n) is 4.48. The summed E-state index contributed by atoms with van der Waals surface area (Å²) in [4.78, 5) is 2.60. The van der Waals surface area contributed by atoms with Crippen LogP contribution >= 0.6 is 0 Å². The van der Waals surface area contributed by atoms with Crippen LogP contribution in [0, 0.1) is 5.92 Å². The molecule has 0 aromatic heterocycles. The van der Waals surface area contributed by atoms with E-state index in [0.29, 0.717) is 19.6 Å². The average Bonchev–Trinajstić information content (AvgIpc) is 3.35. The van der Waals surface area contributed by atoms with Crippen molar-refractivity contribution < 1.29 is 16.8 Å². The van der Waals surface area contributed by atoms with Crippen molar-refractivity contribution >= 4 is 20.0 Å². The number of nitrogens with one attached hydrogen (secondary N) is 1. The Morgan fingerprint density at radius 1 is 0.812 bits per heavy atom. The Hall–Kier alpha value is -1.78. The largest absolute Gasteiger partial charge is 0.299 e. The van der Waals surface area contributed by atoms with Crippen molar-refractivity contribution in [3.63, 3.8) is 0 Å². The Kier molecular flexibility index (Phi) is 7.31. The minimum atomic E-state index is -3.69. The molecule has 7 nitrogen and oxygen atoms in total. The molecular weight excluding hydrogens is 446 g/mol. The molecule has 0 spiro atoms. The van der Waals surface area contributed by atoms with E-state index in [2.05, 4.69) is 21.8 Å². The molecule has 2 saturated heterocycles. The summed E-state index contributed by atoms with van der Waals surface area (Å²) in [7, 11) is -7.24. The predicted octanol–water partition coefficient (Wildman–Crippen LogP) is 2.66. The molecule has 4 rings (SSSR count). The fourth-order valence-corrected chi connectivity index (χ4v) is 7.12. The Morgan fingerprint density at radius 3 is 2.16 bits per heavy atom. The molecule has 2 aromatic rings. The van der Waals surface area contributed by atoms with Crippen LogP contribution in [0.2, 0.25) is 0 Å². The molecule has 174 valence electrons. The summed E-state index contributed by atoms with van der Waals surface area (Å²) < 4.78 is 55.0. The molecule has 0 radical (unpaired) electrons. The molecule has 2 aromatic carbocycles. The lowest BCUT2D eigenvalue weighted by atomic mass is 9.98. The zero-order valence-corrected chi connectivity index (χ0v) is 19.8. The Bertz CT molecular complexity index is 1100. The van der Waals surface area contributed by atoms with Gasteiger partial charge in [-0.25, -0.2) is 21.6 Å². The van der Waals surface area contributed by atoms with Crippen LogP contribution in [0.1, 0.15) is 31.2 Å². The highest BCUT2D eigenvalue weighted by atomic mass is 32.2. The second-order valence-electron chi connectivity index (χ2n) is 8.66. The number of hydrogen-bond donors (Lipinski definition) is 1. The zero-order chi connectivity index (χ0) is 22.6. The van der Waals surface area contributed by atoms with Crippen molar-refractivity contribution in [3.8, 4) is 0 Å². The average molecular weight is 478 g/mol. The lowest BCUT2D eigenvalue weighted by molar-refractivity contribution is 0.169. The van der Waals surface area contributed by atoms with Crippen LogP contribution in [-0.2, 0) is 26.6 Å². The van der Waals surface area contributed by atoms with E-state index in [1.165, 1.54) is 34.1 Å². The minimum absolute atomic E-state index is 0.0924. The van der Waals surface area contributed by atoms with Gasteiger partial charge in [-0.15, -0.1) is 0 Å². The topological polar surface area (TPSA) is 86.8 Å². The van der Waals surface area contributed by atoms with Gasteiger partial charge in [0.05, 0.1) is 9.79 Å². The van der Waals surface area contributed by atoms with Crippen LogP contribution in [0.15, 0.2) is 64.4 Å². The molecule has 0 amide bonds. The predicted molar refractivity (Wildman–Crippen MR) is 124 cm³/mol. The standard InChI is InChI=1S/C23H31N3O4S2/c27-31(28,22-10-12-23(13-11-22)32(29,30)26-15-4-5-16-26)24-17-21-9-6-14-25(19-21)18-20-7-2-1-3-8-20/h1-3,7-8,10-13,21,24H,4-6,9,14-19H2. The lowest BCUT2D eigenvalue weighted by Gasteiger charge is -2.32. The first-order valence-corrected chi connectivity index (χ1v) is 14.1. The second kappa shape index (κ2) is 10.0. The van der Waals surface area contributed by atoms with Crippen LogP contribution < -0.4 is 4.72 Å². The minimum Gasteiger partial charge on any atom is -0.299 e. The van der Waals surface area contributed by atoms with Gasteiger partial charge in [-0.1, -0.05) is 30.3 Å². The number of hydrogen-bond acceptors (Lipinski definition) is 5. The van der Waals surface area contributed by atoms with Gasteiger partial charge < -0.3 is 0 Å². The molecule has 9 heteroatoms. The number of piperidine rings is 1. The van der Waals surface area contributed by atoms with Crippen molar-refractivity contribution in [1.82, 2.24) is 13.9 Å². The maximum atomic E-state index is 12.8. The molecule has 0 bridgehead atoms. The van der Waals surface area contributed by atoms with Gasteiger partial charge in [-0.3, -0.25) is 4.90 Å². The molecular formula is C23H31N3O4S2. The maximum absolute atomic E-state index is 12.8. The molecule has 1 N–H and O–H groups in total. The van der Waals surface area contributed by atoms with Crippen LogP contribution in [0.3, 0.4) is 0 Å². The van der Waals surface area contributed by atoms with E-state index in [9.17, 15) is 16.8 Å². The third-order valence-corrected chi connectivity index (χ3v) is 9.60. The number of rotatable bonds is 8. The van der Waals surface area contributed by atoms with Gasteiger partial charge in [0.25, 0.3) is 0 Å². The number of likely N-dealkylation sites (tertiary alicyclic amines) is 1. The van der Waals surface area contributed by atoms with E-state index in [0.717, 1.165) is 45.3 Å². The number of benzene rings is 2. The summed E-state index contributed by atoms with van der Waals surface area (Å²) in [6, 6.07) is 15.8. The van der Waals surface area contributed by atoms with E-state index in [-0.39, 0.29) is 15.7 Å². The van der Waals surface area contributed by atoms with E-state index in [1.54, 1.807) is 0 Å². The monoisotopic (exact) mass is 477 g/mol. The zero-order valence-electron chi connectivity index (χ0n) is 18.2. The van der Waals surface area contributed by atoms with Crippen LogP contribution in [0.4, 0.5) is 0 Å². The van der Waals surface area contributed by atoms with E-state index in [1.807, 2.05) is 18.2 Å². The first kappa shape index (κ1) is 23.4. The van der Waals surface area contributed by atoms with E-state index < -0.39 is 20.0 Å². The summed E-state index contributed by atoms with van der Waals surface area (Å²) in [6.07, 6.45) is 3.75. The second-order valence-corrected chi connectivity index (χ2v) is 12.4. The van der Waals surface area contributed by atoms with E-state index >= 15 is 0 Å². The van der Waals surface area contributed by atoms with Crippen LogP contribution in [0.25, 0.3) is 0 Å². The van der Waals surface area contributed by atoms with Crippen molar-refractivity contribution in [1.29, 1.82) is 0 Å². The third kappa shape index (κ3) is 5.58. The highest BCUT2D eigenvalue weighted by Gasteiger charge is 2.28. The van der Waals surface area contributed by atoms with Gasteiger partial charge in [-0.2, -0.15) is 4.31 Å². The summed E-state index contributed by atoms with van der Waals surface area (Å²) in [5.41, 5.74) is 1.26. The van der Waals surface area contributed by atoms with Gasteiger partial charge >= 0.3 is 0 Å². The molecule has 2 aliphatic rings. The molecule has 32 heavy (non-hydrogen) atoms. The van der Waals surface area contributed by atoms with Gasteiger partial charge in [0.1, 0.15) is 0 Å². The molecule has 1 unspecified atom stereocenters. The van der Waals surface area contributed by atoms with Gasteiger partial charge in [0.2, 0.25) is 20.0 Å². The molecule has 2 fully saturated rings. The molecule has 2 aliphatic heterocycles. The lowest BCUT2D eigenvalue weighted by Crippen LogP contribution is -2.40. The highest BCUT2D eigenvalue weighted by Crippen LogP contribution is 2.23. The molecule has 1 atom stereocenters. The summed E-state index contributed by atoms with van der Waals surface area (Å²) in [5.74, 6) is 0.247. The molecule has 0 aliphatic carbocycles. The quantitative estimate of drug-likeness (QED) is 0.632. The first-order chi connectivity index (χ1) is 15.3. The smallest absolute Gasteiger partial charge is 0.243 e.